The first-order valence-corrected chi connectivity index (χ1v) is 8.89. The van der Waals surface area contributed by atoms with Crippen molar-refractivity contribution >= 4 is 23.5 Å². The van der Waals surface area contributed by atoms with Crippen molar-refractivity contribution < 1.29 is 19.1 Å². The number of anilines is 1. The van der Waals surface area contributed by atoms with Gasteiger partial charge in [0.25, 0.3) is 0 Å². The fourth-order valence-electron chi connectivity index (χ4n) is 3.12. The molecule has 1 atom stereocenters. The van der Waals surface area contributed by atoms with Crippen LogP contribution in [0.5, 0.6) is 0 Å². The van der Waals surface area contributed by atoms with Gasteiger partial charge in [-0.1, -0.05) is 30.3 Å². The first kappa shape index (κ1) is 18.6. The summed E-state index contributed by atoms with van der Waals surface area (Å²) in [6.45, 7) is 0.375. The van der Waals surface area contributed by atoms with E-state index in [1.165, 1.54) is 7.11 Å². The number of para-hydroxylation sites is 1. The molecule has 0 aliphatic carbocycles. The number of carbonyl (C=O) groups is 3. The molecule has 1 unspecified atom stereocenters. The maximum absolute atomic E-state index is 12.2. The number of hydrogen-bond acceptors (Lipinski definition) is 4. The normalized spacial score (nSPS) is 15.4. The van der Waals surface area contributed by atoms with E-state index < -0.39 is 5.97 Å². The summed E-state index contributed by atoms with van der Waals surface area (Å²) >= 11 is 0. The Bertz CT molecular complexity index is 846. The predicted octanol–water partition coefficient (Wildman–Crippen LogP) is 2.68. The van der Waals surface area contributed by atoms with Gasteiger partial charge in [0.05, 0.1) is 12.7 Å². The highest BCUT2D eigenvalue weighted by atomic mass is 16.5. The van der Waals surface area contributed by atoms with E-state index in [9.17, 15) is 14.4 Å². The van der Waals surface area contributed by atoms with Crippen LogP contribution in [-0.2, 0) is 27.3 Å². The molecule has 0 fully saturated rings. The fourth-order valence-corrected chi connectivity index (χ4v) is 3.12. The molecule has 140 valence electrons. The smallest absolute Gasteiger partial charge is 0.337 e. The third-order valence-corrected chi connectivity index (χ3v) is 4.70. The first-order chi connectivity index (χ1) is 13.1. The number of benzene rings is 2. The Morgan fingerprint density at radius 3 is 2.63 bits per heavy atom. The molecule has 6 heteroatoms. The molecule has 6 nitrogen and oxygen atoms in total. The van der Waals surface area contributed by atoms with Gasteiger partial charge < -0.3 is 15.4 Å². The maximum Gasteiger partial charge on any atom is 0.337 e. The van der Waals surface area contributed by atoms with Gasteiger partial charge in [0.1, 0.15) is 0 Å². The summed E-state index contributed by atoms with van der Waals surface area (Å²) in [5.74, 6) is -0.707. The zero-order valence-electron chi connectivity index (χ0n) is 15.2. The Labute approximate surface area is 157 Å². The summed E-state index contributed by atoms with van der Waals surface area (Å²) in [5, 5.41) is 5.75. The van der Waals surface area contributed by atoms with Crippen molar-refractivity contribution in [3.63, 3.8) is 0 Å². The first-order valence-electron chi connectivity index (χ1n) is 8.89. The van der Waals surface area contributed by atoms with Gasteiger partial charge in [-0.2, -0.15) is 0 Å². The number of methoxy groups -OCH3 is 1. The molecule has 0 saturated carbocycles. The summed E-state index contributed by atoms with van der Waals surface area (Å²) in [5.41, 5.74) is 3.32. The average Bonchev–Trinajstić information content (AvgIpc) is 2.70. The van der Waals surface area contributed by atoms with Gasteiger partial charge in [-0.05, 0) is 42.2 Å². The van der Waals surface area contributed by atoms with Crippen LogP contribution in [0, 0.1) is 5.92 Å². The van der Waals surface area contributed by atoms with Gasteiger partial charge in [-0.25, -0.2) is 4.79 Å². The third-order valence-electron chi connectivity index (χ3n) is 4.70. The second-order valence-corrected chi connectivity index (χ2v) is 6.55. The zero-order chi connectivity index (χ0) is 19.2. The van der Waals surface area contributed by atoms with Gasteiger partial charge in [0, 0.05) is 24.6 Å². The predicted molar refractivity (Wildman–Crippen MR) is 101 cm³/mol. The SMILES string of the molecule is COC(=O)c1ccc(CNC(=O)CCC2Cc3ccccc3NC2=O)cc1. The van der Waals surface area contributed by atoms with E-state index in [1.54, 1.807) is 24.3 Å². The molecule has 0 saturated heterocycles. The van der Waals surface area contributed by atoms with E-state index in [4.69, 9.17) is 0 Å². The number of amides is 2. The van der Waals surface area contributed by atoms with Gasteiger partial charge >= 0.3 is 5.97 Å². The molecule has 2 amide bonds. The van der Waals surface area contributed by atoms with Crippen molar-refractivity contribution in [2.24, 2.45) is 5.92 Å². The number of nitrogens with one attached hydrogen (secondary N) is 2. The van der Waals surface area contributed by atoms with Gasteiger partial charge in [-0.15, -0.1) is 0 Å². The summed E-state index contributed by atoms with van der Waals surface area (Å²) in [6, 6.07) is 14.6. The molecule has 0 spiro atoms. The molecule has 1 aliphatic rings. The highest BCUT2D eigenvalue weighted by Gasteiger charge is 2.26. The Kier molecular flexibility index (Phi) is 5.86. The number of fused-ring (bicyclic) bond motifs is 1. The Hall–Kier alpha value is -3.15. The lowest BCUT2D eigenvalue weighted by atomic mass is 9.89. The molecule has 27 heavy (non-hydrogen) atoms. The summed E-state index contributed by atoms with van der Waals surface area (Å²) in [4.78, 5) is 35.7. The standard InChI is InChI=1S/C21H22N2O4/c1-27-21(26)15-8-6-14(7-9-15)13-22-19(24)11-10-17-12-16-4-2-3-5-18(16)23-20(17)25/h2-9,17H,10-13H2,1H3,(H,22,24)(H,23,25). The molecular weight excluding hydrogens is 344 g/mol. The van der Waals surface area contributed by atoms with Crippen LogP contribution in [0.25, 0.3) is 0 Å². The van der Waals surface area contributed by atoms with Crippen LogP contribution in [0.4, 0.5) is 5.69 Å². The monoisotopic (exact) mass is 366 g/mol. The van der Waals surface area contributed by atoms with E-state index in [0.29, 0.717) is 31.4 Å². The Balaban J connectivity index is 1.46. The number of hydrogen-bond donors (Lipinski definition) is 2. The third kappa shape index (κ3) is 4.73. The van der Waals surface area contributed by atoms with E-state index in [-0.39, 0.29) is 17.7 Å². The van der Waals surface area contributed by atoms with Crippen LogP contribution in [0.3, 0.4) is 0 Å². The lowest BCUT2D eigenvalue weighted by Crippen LogP contribution is -2.31. The van der Waals surface area contributed by atoms with Gasteiger partial charge in [0.15, 0.2) is 0 Å². The van der Waals surface area contributed by atoms with Crippen molar-refractivity contribution in [2.45, 2.75) is 25.8 Å². The van der Waals surface area contributed by atoms with Crippen LogP contribution in [0.15, 0.2) is 48.5 Å². The molecular formula is C21H22N2O4. The second-order valence-electron chi connectivity index (χ2n) is 6.55. The minimum Gasteiger partial charge on any atom is -0.465 e. The second kappa shape index (κ2) is 8.49. The molecule has 0 bridgehead atoms. The summed E-state index contributed by atoms with van der Waals surface area (Å²) in [7, 11) is 1.33. The largest absolute Gasteiger partial charge is 0.465 e. The quantitative estimate of drug-likeness (QED) is 0.770. The molecule has 0 aromatic heterocycles. The maximum atomic E-state index is 12.2. The van der Waals surface area contributed by atoms with Crippen molar-refractivity contribution in [3.8, 4) is 0 Å². The van der Waals surface area contributed by atoms with Crippen molar-refractivity contribution in [2.75, 3.05) is 12.4 Å². The lowest BCUT2D eigenvalue weighted by Gasteiger charge is -2.24. The van der Waals surface area contributed by atoms with Crippen molar-refractivity contribution in [3.05, 3.63) is 65.2 Å². The van der Waals surface area contributed by atoms with E-state index in [0.717, 1.165) is 16.8 Å². The molecule has 2 aromatic rings. The van der Waals surface area contributed by atoms with Crippen LogP contribution in [0.2, 0.25) is 0 Å². The van der Waals surface area contributed by atoms with Crippen LogP contribution >= 0.6 is 0 Å². The van der Waals surface area contributed by atoms with Crippen LogP contribution in [0.1, 0.15) is 34.3 Å². The van der Waals surface area contributed by atoms with Crippen molar-refractivity contribution in [1.29, 1.82) is 0 Å². The Morgan fingerprint density at radius 1 is 1.15 bits per heavy atom. The van der Waals surface area contributed by atoms with Crippen molar-refractivity contribution in [1.82, 2.24) is 5.32 Å². The number of ether oxygens (including phenoxy) is 1. The summed E-state index contributed by atoms with van der Waals surface area (Å²) in [6.07, 6.45) is 1.46. The molecule has 1 aliphatic heterocycles. The highest BCUT2D eigenvalue weighted by molar-refractivity contribution is 5.96. The van der Waals surface area contributed by atoms with Gasteiger partial charge in [0.2, 0.25) is 11.8 Å². The summed E-state index contributed by atoms with van der Waals surface area (Å²) < 4.78 is 4.65. The lowest BCUT2D eigenvalue weighted by molar-refractivity contribution is -0.123. The zero-order valence-corrected chi connectivity index (χ0v) is 15.2. The molecule has 3 rings (SSSR count). The number of carbonyl (C=O) groups excluding carboxylic acids is 3. The van der Waals surface area contributed by atoms with E-state index >= 15 is 0 Å². The molecule has 2 aromatic carbocycles. The van der Waals surface area contributed by atoms with Gasteiger partial charge in [-0.3, -0.25) is 9.59 Å². The minimum atomic E-state index is -0.391. The van der Waals surface area contributed by atoms with Crippen LogP contribution in [-0.4, -0.2) is 24.9 Å². The number of rotatable bonds is 6. The molecule has 0 radical (unpaired) electrons. The average molecular weight is 366 g/mol. The van der Waals surface area contributed by atoms with Crippen LogP contribution < -0.4 is 10.6 Å². The van der Waals surface area contributed by atoms with E-state index in [2.05, 4.69) is 15.4 Å². The highest BCUT2D eigenvalue weighted by Crippen LogP contribution is 2.27. The molecule has 2 N–H and O–H groups in total. The Morgan fingerprint density at radius 2 is 1.89 bits per heavy atom. The minimum absolute atomic E-state index is 0.0279. The topological polar surface area (TPSA) is 84.5 Å². The van der Waals surface area contributed by atoms with E-state index in [1.807, 2.05) is 24.3 Å². The number of esters is 1. The fraction of sp³-hybridized carbons (Fsp3) is 0.286. The molecule has 1 heterocycles.